The molecule has 0 saturated carbocycles. The first-order chi connectivity index (χ1) is 11.2. The molecular weight excluding hydrogens is 284 g/mol. The summed E-state index contributed by atoms with van der Waals surface area (Å²) in [5.41, 5.74) is 5.80. The third-order valence-electron chi connectivity index (χ3n) is 6.02. The lowest BCUT2D eigenvalue weighted by Gasteiger charge is -2.45. The van der Waals surface area contributed by atoms with Crippen LogP contribution in [0.2, 0.25) is 0 Å². The summed E-state index contributed by atoms with van der Waals surface area (Å²) in [6.07, 6.45) is 8.16. The minimum Gasteiger partial charge on any atom is -0.396 e. The number of unbranched alkanes of at least 4 members (excludes halogenated alkanes) is 1. The third kappa shape index (κ3) is 2.50. The van der Waals surface area contributed by atoms with Crippen LogP contribution in [-0.4, -0.2) is 41.2 Å². The minimum absolute atomic E-state index is 0.312. The van der Waals surface area contributed by atoms with Gasteiger partial charge in [0.25, 0.3) is 0 Å². The van der Waals surface area contributed by atoms with Gasteiger partial charge in [0.1, 0.15) is 0 Å². The zero-order chi connectivity index (χ0) is 16.0. The van der Waals surface area contributed by atoms with Crippen molar-refractivity contribution in [2.45, 2.75) is 51.0 Å². The van der Waals surface area contributed by atoms with Crippen molar-refractivity contribution >= 4 is 10.9 Å². The molecule has 1 aromatic heterocycles. The molecule has 23 heavy (non-hydrogen) atoms. The number of aliphatic hydroxyl groups is 1. The Labute approximate surface area is 138 Å². The molecule has 1 fully saturated rings. The van der Waals surface area contributed by atoms with Gasteiger partial charge in [-0.25, -0.2) is 0 Å². The van der Waals surface area contributed by atoms with Crippen molar-refractivity contribution < 1.29 is 5.11 Å². The lowest BCUT2D eigenvalue weighted by Crippen LogP contribution is -2.48. The highest BCUT2D eigenvalue weighted by atomic mass is 16.3. The van der Waals surface area contributed by atoms with Crippen molar-refractivity contribution in [1.82, 2.24) is 9.88 Å². The number of nitrogens with one attached hydrogen (secondary N) is 1. The highest BCUT2D eigenvalue weighted by Crippen LogP contribution is 2.44. The van der Waals surface area contributed by atoms with E-state index in [0.29, 0.717) is 24.5 Å². The van der Waals surface area contributed by atoms with Gasteiger partial charge in [0.2, 0.25) is 0 Å². The van der Waals surface area contributed by atoms with Gasteiger partial charge in [-0.2, -0.15) is 0 Å². The molecule has 0 spiro atoms. The summed E-state index contributed by atoms with van der Waals surface area (Å²) in [5.74, 6) is 0.981. The molecule has 0 radical (unpaired) electrons. The maximum absolute atomic E-state index is 9.69. The highest BCUT2D eigenvalue weighted by molar-refractivity contribution is 5.89. The van der Waals surface area contributed by atoms with E-state index >= 15 is 0 Å². The second-order valence-corrected chi connectivity index (χ2v) is 7.63. The van der Waals surface area contributed by atoms with Crippen molar-refractivity contribution in [2.24, 2.45) is 5.92 Å². The topological polar surface area (TPSA) is 39.3 Å². The van der Waals surface area contributed by atoms with Crippen LogP contribution in [0.1, 0.15) is 48.8 Å². The van der Waals surface area contributed by atoms with Crippen LogP contribution < -0.4 is 0 Å². The molecule has 0 bridgehead atoms. The Bertz CT molecular complexity index is 705. The molecule has 124 valence electrons. The Hall–Kier alpha value is -1.32. The predicted octanol–water partition coefficient (Wildman–Crippen LogP) is 3.46. The monoisotopic (exact) mass is 312 g/mol. The Morgan fingerprint density at radius 3 is 3.00 bits per heavy atom. The van der Waals surface area contributed by atoms with Crippen LogP contribution in [0.5, 0.6) is 0 Å². The molecule has 3 nitrogen and oxygen atoms in total. The average molecular weight is 312 g/mol. The number of piperidine rings is 1. The number of aliphatic hydroxyl groups excluding tert-OH is 1. The number of hydrogen-bond acceptors (Lipinski definition) is 2. The standard InChI is InChI=1S/C20H28N2O/c1-3-4-5-13-6-17-16-7-14(12-23)11-22(2)19(16)9-15-10-21-18(8-13)20(15)17/h6,8,10,14,16,19,21,23H,3-5,7,9,11-12H2,1-2H3/t14-,16-,19-/m1/s1. The van der Waals surface area contributed by atoms with E-state index in [1.54, 1.807) is 0 Å². The number of rotatable bonds is 4. The van der Waals surface area contributed by atoms with Gasteiger partial charge in [0.15, 0.2) is 0 Å². The Morgan fingerprint density at radius 1 is 1.35 bits per heavy atom. The molecule has 1 saturated heterocycles. The molecule has 1 aromatic carbocycles. The first-order valence-corrected chi connectivity index (χ1v) is 9.15. The molecule has 3 atom stereocenters. The number of hydrogen-bond donors (Lipinski definition) is 2. The lowest BCUT2D eigenvalue weighted by molar-refractivity contribution is 0.0771. The van der Waals surface area contributed by atoms with E-state index in [1.807, 2.05) is 0 Å². The van der Waals surface area contributed by atoms with Crippen LogP contribution in [-0.2, 0) is 12.8 Å². The van der Waals surface area contributed by atoms with Gasteiger partial charge in [0.05, 0.1) is 0 Å². The predicted molar refractivity (Wildman–Crippen MR) is 95.0 cm³/mol. The maximum Gasteiger partial charge on any atom is 0.0471 e. The van der Waals surface area contributed by atoms with Gasteiger partial charge in [-0.05, 0) is 61.4 Å². The minimum atomic E-state index is 0.312. The molecule has 2 heterocycles. The second-order valence-electron chi connectivity index (χ2n) is 7.63. The molecule has 1 aliphatic heterocycles. The second kappa shape index (κ2) is 5.95. The highest BCUT2D eigenvalue weighted by Gasteiger charge is 2.39. The van der Waals surface area contributed by atoms with E-state index in [2.05, 4.69) is 42.2 Å². The van der Waals surface area contributed by atoms with Crippen molar-refractivity contribution in [3.63, 3.8) is 0 Å². The number of H-pyrrole nitrogens is 1. The molecule has 0 unspecified atom stereocenters. The smallest absolute Gasteiger partial charge is 0.0471 e. The molecule has 3 heteroatoms. The van der Waals surface area contributed by atoms with Gasteiger partial charge in [-0.1, -0.05) is 19.4 Å². The van der Waals surface area contributed by atoms with Crippen molar-refractivity contribution in [1.29, 1.82) is 0 Å². The number of aromatic amines is 1. The van der Waals surface area contributed by atoms with Crippen LogP contribution in [0, 0.1) is 5.92 Å². The number of likely N-dealkylation sites (N-methyl/N-ethyl adjacent to an activating group) is 1. The number of likely N-dealkylation sites (tertiary alicyclic amines) is 1. The molecule has 2 N–H and O–H groups in total. The number of fused-ring (bicyclic) bond motifs is 2. The van der Waals surface area contributed by atoms with Gasteiger partial charge in [0, 0.05) is 42.2 Å². The van der Waals surface area contributed by atoms with Gasteiger partial charge in [-0.3, -0.25) is 0 Å². The number of aryl methyl sites for hydroxylation is 1. The summed E-state index contributed by atoms with van der Waals surface area (Å²) < 4.78 is 0. The maximum atomic E-state index is 9.69. The molecule has 2 aromatic rings. The summed E-state index contributed by atoms with van der Waals surface area (Å²) in [6.45, 7) is 3.59. The number of aromatic nitrogens is 1. The van der Waals surface area contributed by atoms with Crippen LogP contribution in [0.25, 0.3) is 10.9 Å². The van der Waals surface area contributed by atoms with Crippen LogP contribution >= 0.6 is 0 Å². The largest absolute Gasteiger partial charge is 0.396 e. The first kappa shape index (κ1) is 15.2. The summed E-state index contributed by atoms with van der Waals surface area (Å²) in [4.78, 5) is 6.00. The van der Waals surface area contributed by atoms with Crippen LogP contribution in [0.15, 0.2) is 18.3 Å². The zero-order valence-corrected chi connectivity index (χ0v) is 14.3. The molecule has 4 rings (SSSR count). The molecule has 1 aliphatic carbocycles. The fraction of sp³-hybridized carbons (Fsp3) is 0.600. The van der Waals surface area contributed by atoms with Crippen LogP contribution in [0.4, 0.5) is 0 Å². The Morgan fingerprint density at radius 2 is 2.22 bits per heavy atom. The van der Waals surface area contributed by atoms with Crippen molar-refractivity contribution in [3.8, 4) is 0 Å². The average Bonchev–Trinajstić information content (AvgIpc) is 2.97. The van der Waals surface area contributed by atoms with E-state index in [4.69, 9.17) is 0 Å². The lowest BCUT2D eigenvalue weighted by atomic mass is 9.72. The zero-order valence-electron chi connectivity index (χ0n) is 14.3. The van der Waals surface area contributed by atoms with E-state index in [-0.39, 0.29) is 0 Å². The van der Waals surface area contributed by atoms with E-state index < -0.39 is 0 Å². The van der Waals surface area contributed by atoms with E-state index in [1.165, 1.54) is 46.9 Å². The quantitative estimate of drug-likeness (QED) is 0.907. The summed E-state index contributed by atoms with van der Waals surface area (Å²) >= 11 is 0. The van der Waals surface area contributed by atoms with Crippen LogP contribution in [0.3, 0.4) is 0 Å². The van der Waals surface area contributed by atoms with Gasteiger partial charge < -0.3 is 15.0 Å². The van der Waals surface area contributed by atoms with Crippen molar-refractivity contribution in [2.75, 3.05) is 20.2 Å². The first-order valence-electron chi connectivity index (χ1n) is 9.15. The summed E-state index contributed by atoms with van der Waals surface area (Å²) in [7, 11) is 2.23. The Kier molecular flexibility index (Phi) is 3.94. The number of benzene rings is 1. The van der Waals surface area contributed by atoms with Crippen molar-refractivity contribution in [3.05, 3.63) is 35.0 Å². The molecular formula is C20H28N2O. The summed E-state index contributed by atoms with van der Waals surface area (Å²) in [5, 5.41) is 11.2. The SMILES string of the molecule is CCCCc1cc2c3c(c[nH]c3c1)C[C@@H]1[C@@H]2C[C@@H](CO)CN1C. The van der Waals surface area contributed by atoms with E-state index in [9.17, 15) is 5.11 Å². The summed E-state index contributed by atoms with van der Waals surface area (Å²) in [6, 6.07) is 5.42. The Balaban J connectivity index is 1.79. The fourth-order valence-electron chi connectivity index (χ4n) is 4.85. The van der Waals surface area contributed by atoms with E-state index in [0.717, 1.165) is 19.4 Å². The molecule has 0 amide bonds. The molecule has 2 aliphatic rings. The van der Waals surface area contributed by atoms with Gasteiger partial charge in [-0.15, -0.1) is 0 Å². The number of nitrogens with zero attached hydrogens (tertiary/aromatic N) is 1. The fourth-order valence-corrected chi connectivity index (χ4v) is 4.85. The third-order valence-corrected chi connectivity index (χ3v) is 6.02. The van der Waals surface area contributed by atoms with Gasteiger partial charge >= 0.3 is 0 Å². The normalized spacial score (nSPS) is 27.3.